The number of aliphatic carboxylic acids is 1. The summed E-state index contributed by atoms with van der Waals surface area (Å²) in [5.74, 6) is -1.35. The van der Waals surface area contributed by atoms with Crippen molar-refractivity contribution >= 4 is 5.97 Å². The van der Waals surface area contributed by atoms with E-state index in [1.165, 1.54) is 6.07 Å². The molecule has 0 amide bonds. The molecule has 5 heteroatoms. The molecule has 0 radical (unpaired) electrons. The number of rotatable bonds is 5. The molecule has 1 atom stereocenters. The highest BCUT2D eigenvalue weighted by atomic mass is 16.4. The van der Waals surface area contributed by atoms with E-state index in [0.29, 0.717) is 17.5 Å². The first kappa shape index (κ1) is 13.2. The second-order valence-corrected chi connectivity index (χ2v) is 3.59. The predicted octanol–water partition coefficient (Wildman–Crippen LogP) is 0.753. The minimum absolute atomic E-state index is 0.224. The lowest BCUT2D eigenvalue weighted by molar-refractivity contribution is -0.147. The number of carboxylic acids is 1. The van der Waals surface area contributed by atoms with E-state index in [2.05, 4.69) is 0 Å². The van der Waals surface area contributed by atoms with Gasteiger partial charge in [-0.15, -0.1) is 0 Å². The third kappa shape index (κ3) is 3.28. The van der Waals surface area contributed by atoms with Crippen LogP contribution in [0.2, 0.25) is 0 Å². The van der Waals surface area contributed by atoms with Crippen molar-refractivity contribution < 1.29 is 20.1 Å². The third-order valence-electron chi connectivity index (χ3n) is 2.43. The molecule has 0 spiro atoms. The van der Waals surface area contributed by atoms with Crippen LogP contribution in [0, 0.1) is 11.3 Å². The Balaban J connectivity index is 3.11. The zero-order valence-corrected chi connectivity index (χ0v) is 9.13. The Labute approximate surface area is 98.6 Å². The number of carbonyl (C=O) groups is 1. The standard InChI is InChI=1S/C12H13NO4/c13-5-1-2-9-4-3-8(7-14)6-10(9)11(15)12(16)17/h3-4,6,11,14-15H,1-2,7H2,(H,16,17). The van der Waals surface area contributed by atoms with Crippen LogP contribution < -0.4 is 0 Å². The van der Waals surface area contributed by atoms with Crippen LogP contribution in [-0.4, -0.2) is 21.3 Å². The summed E-state index contributed by atoms with van der Waals surface area (Å²) >= 11 is 0. The van der Waals surface area contributed by atoms with Gasteiger partial charge in [0.15, 0.2) is 6.10 Å². The molecule has 1 aromatic rings. The van der Waals surface area contributed by atoms with Crippen molar-refractivity contribution in [2.45, 2.75) is 25.6 Å². The van der Waals surface area contributed by atoms with Gasteiger partial charge in [0.05, 0.1) is 12.7 Å². The maximum Gasteiger partial charge on any atom is 0.337 e. The van der Waals surface area contributed by atoms with Gasteiger partial charge >= 0.3 is 5.97 Å². The van der Waals surface area contributed by atoms with Crippen LogP contribution in [0.15, 0.2) is 18.2 Å². The number of hydrogen-bond acceptors (Lipinski definition) is 4. The molecule has 1 rings (SSSR count). The lowest BCUT2D eigenvalue weighted by Gasteiger charge is -2.12. The number of nitrogens with zero attached hydrogens (tertiary/aromatic N) is 1. The van der Waals surface area contributed by atoms with Crippen molar-refractivity contribution in [2.75, 3.05) is 0 Å². The normalized spacial score (nSPS) is 11.8. The number of benzene rings is 1. The average Bonchev–Trinajstić information content (AvgIpc) is 2.35. The lowest BCUT2D eigenvalue weighted by Crippen LogP contribution is -2.13. The molecule has 0 fully saturated rings. The summed E-state index contributed by atoms with van der Waals surface area (Å²) in [6.07, 6.45) is -1.00. The summed E-state index contributed by atoms with van der Waals surface area (Å²) in [4.78, 5) is 10.7. The first-order chi connectivity index (χ1) is 8.10. The van der Waals surface area contributed by atoms with Gasteiger partial charge in [-0.05, 0) is 23.1 Å². The van der Waals surface area contributed by atoms with Crippen molar-refractivity contribution in [3.63, 3.8) is 0 Å². The Morgan fingerprint density at radius 1 is 1.47 bits per heavy atom. The second kappa shape index (κ2) is 5.99. The highest BCUT2D eigenvalue weighted by Gasteiger charge is 2.19. The van der Waals surface area contributed by atoms with Crippen molar-refractivity contribution in [1.82, 2.24) is 0 Å². The molecule has 0 bridgehead atoms. The van der Waals surface area contributed by atoms with Crippen LogP contribution in [-0.2, 0) is 17.8 Å². The van der Waals surface area contributed by atoms with E-state index in [1.807, 2.05) is 6.07 Å². The molecule has 17 heavy (non-hydrogen) atoms. The van der Waals surface area contributed by atoms with Crippen LogP contribution in [0.3, 0.4) is 0 Å². The van der Waals surface area contributed by atoms with E-state index >= 15 is 0 Å². The number of aryl methyl sites for hydroxylation is 1. The first-order valence-electron chi connectivity index (χ1n) is 5.10. The monoisotopic (exact) mass is 235 g/mol. The second-order valence-electron chi connectivity index (χ2n) is 3.59. The Bertz CT molecular complexity index is 450. The molecule has 3 N–H and O–H groups in total. The number of nitriles is 1. The number of aliphatic hydroxyl groups excluding tert-OH is 2. The summed E-state index contributed by atoms with van der Waals surface area (Å²) in [6, 6.07) is 6.68. The van der Waals surface area contributed by atoms with Crippen LogP contribution in [0.1, 0.15) is 29.2 Å². The molecule has 0 aliphatic carbocycles. The van der Waals surface area contributed by atoms with Crippen molar-refractivity contribution in [3.8, 4) is 6.07 Å². The Hall–Kier alpha value is -1.90. The van der Waals surface area contributed by atoms with Crippen molar-refractivity contribution in [2.24, 2.45) is 0 Å². The van der Waals surface area contributed by atoms with Crippen LogP contribution in [0.5, 0.6) is 0 Å². The summed E-state index contributed by atoms with van der Waals surface area (Å²) in [6.45, 7) is -0.224. The maximum absolute atomic E-state index is 10.7. The molecular formula is C12H13NO4. The first-order valence-corrected chi connectivity index (χ1v) is 5.10. The third-order valence-corrected chi connectivity index (χ3v) is 2.43. The zero-order chi connectivity index (χ0) is 12.8. The maximum atomic E-state index is 10.7. The smallest absolute Gasteiger partial charge is 0.337 e. The highest BCUT2D eigenvalue weighted by molar-refractivity contribution is 5.74. The van der Waals surface area contributed by atoms with E-state index < -0.39 is 12.1 Å². The van der Waals surface area contributed by atoms with Crippen LogP contribution in [0.25, 0.3) is 0 Å². The Kier molecular flexibility index (Phi) is 4.64. The molecule has 0 saturated heterocycles. The SMILES string of the molecule is N#CCCc1ccc(CO)cc1C(O)C(=O)O. The van der Waals surface area contributed by atoms with E-state index in [0.717, 1.165) is 0 Å². The summed E-state index contributed by atoms with van der Waals surface area (Å²) in [5.41, 5.74) is 1.37. The largest absolute Gasteiger partial charge is 0.479 e. The molecule has 1 unspecified atom stereocenters. The van der Waals surface area contributed by atoms with Crippen molar-refractivity contribution in [1.29, 1.82) is 5.26 Å². The Morgan fingerprint density at radius 2 is 2.18 bits per heavy atom. The van der Waals surface area contributed by atoms with E-state index in [4.69, 9.17) is 15.5 Å². The molecule has 5 nitrogen and oxygen atoms in total. The van der Waals surface area contributed by atoms with E-state index in [1.54, 1.807) is 12.1 Å². The number of hydrogen-bond donors (Lipinski definition) is 3. The average molecular weight is 235 g/mol. The van der Waals surface area contributed by atoms with Gasteiger partial charge in [-0.25, -0.2) is 4.79 Å². The van der Waals surface area contributed by atoms with Gasteiger partial charge in [0.2, 0.25) is 0 Å². The lowest BCUT2D eigenvalue weighted by atomic mass is 9.96. The highest BCUT2D eigenvalue weighted by Crippen LogP contribution is 2.21. The van der Waals surface area contributed by atoms with Crippen molar-refractivity contribution in [3.05, 3.63) is 34.9 Å². The fourth-order valence-corrected chi connectivity index (χ4v) is 1.55. The predicted molar refractivity (Wildman–Crippen MR) is 58.9 cm³/mol. The topological polar surface area (TPSA) is 102 Å². The summed E-state index contributed by atoms with van der Waals surface area (Å²) in [7, 11) is 0. The van der Waals surface area contributed by atoms with Crippen LogP contribution in [0.4, 0.5) is 0 Å². The van der Waals surface area contributed by atoms with Gasteiger partial charge in [-0.3, -0.25) is 0 Å². The van der Waals surface area contributed by atoms with Gasteiger partial charge in [-0.2, -0.15) is 5.26 Å². The Morgan fingerprint density at radius 3 is 2.71 bits per heavy atom. The van der Waals surface area contributed by atoms with Gasteiger partial charge in [0.25, 0.3) is 0 Å². The van der Waals surface area contributed by atoms with Gasteiger partial charge < -0.3 is 15.3 Å². The summed E-state index contributed by atoms with van der Waals surface area (Å²) < 4.78 is 0. The number of carboxylic acid groups (broad SMARTS) is 1. The van der Waals surface area contributed by atoms with Gasteiger partial charge in [0.1, 0.15) is 0 Å². The fourth-order valence-electron chi connectivity index (χ4n) is 1.55. The quantitative estimate of drug-likeness (QED) is 0.699. The van der Waals surface area contributed by atoms with E-state index in [-0.39, 0.29) is 18.6 Å². The van der Waals surface area contributed by atoms with Gasteiger partial charge in [-0.1, -0.05) is 18.2 Å². The molecule has 0 aliphatic rings. The van der Waals surface area contributed by atoms with E-state index in [9.17, 15) is 9.90 Å². The fraction of sp³-hybridized carbons (Fsp3) is 0.333. The summed E-state index contributed by atoms with van der Waals surface area (Å²) in [5, 5.41) is 35.8. The minimum Gasteiger partial charge on any atom is -0.479 e. The molecule has 0 heterocycles. The molecule has 1 aromatic carbocycles. The molecule has 90 valence electrons. The molecular weight excluding hydrogens is 222 g/mol. The number of aliphatic hydroxyl groups is 2. The molecule has 0 aliphatic heterocycles. The molecule has 0 saturated carbocycles. The van der Waals surface area contributed by atoms with Gasteiger partial charge in [0, 0.05) is 6.42 Å². The van der Waals surface area contributed by atoms with Crippen LogP contribution >= 0.6 is 0 Å². The molecule has 0 aromatic heterocycles. The minimum atomic E-state index is -1.63. The zero-order valence-electron chi connectivity index (χ0n) is 9.13.